The molecule has 3 atom stereocenters. The van der Waals surface area contributed by atoms with Crippen LogP contribution in [0.15, 0.2) is 24.3 Å². The summed E-state index contributed by atoms with van der Waals surface area (Å²) in [6.45, 7) is 4.52. The van der Waals surface area contributed by atoms with Crippen LogP contribution in [0.4, 0.5) is 0 Å². The van der Waals surface area contributed by atoms with Crippen molar-refractivity contribution in [2.45, 2.75) is 244 Å². The van der Waals surface area contributed by atoms with E-state index in [4.69, 9.17) is 0 Å². The van der Waals surface area contributed by atoms with Gasteiger partial charge in [0.05, 0.1) is 17.9 Å². The number of carbonyl (C=O) groups is 1. The van der Waals surface area contributed by atoms with Crippen molar-refractivity contribution in [3.8, 4) is 0 Å². The second-order valence-electron chi connectivity index (χ2n) is 15.5. The number of rotatable bonds is 40. The molecule has 52 heavy (non-hydrogen) atoms. The van der Waals surface area contributed by atoms with Gasteiger partial charge < -0.3 is 15.5 Å². The molecule has 0 aliphatic rings. The zero-order valence-electron chi connectivity index (χ0n) is 34.1. The van der Waals surface area contributed by atoms with Gasteiger partial charge in [0.15, 0.2) is 0 Å². The summed E-state index contributed by atoms with van der Waals surface area (Å²) >= 11 is 0. The molecule has 7 nitrogen and oxygen atoms in total. The van der Waals surface area contributed by atoms with Gasteiger partial charge >= 0.3 is 0 Å². The minimum absolute atomic E-state index is 0.275. The molecule has 1 amide bonds. The summed E-state index contributed by atoms with van der Waals surface area (Å²) < 4.78 is 32.6. The van der Waals surface area contributed by atoms with E-state index in [1.54, 1.807) is 6.08 Å². The van der Waals surface area contributed by atoms with Gasteiger partial charge in [0.25, 0.3) is 10.1 Å². The second-order valence-corrected chi connectivity index (χ2v) is 17.0. The van der Waals surface area contributed by atoms with Crippen molar-refractivity contribution in [2.24, 2.45) is 0 Å². The highest BCUT2D eigenvalue weighted by Gasteiger charge is 2.27. The Morgan fingerprint density at radius 3 is 1.21 bits per heavy atom. The highest BCUT2D eigenvalue weighted by molar-refractivity contribution is 7.85. The molecule has 0 radical (unpaired) electrons. The third-order valence-corrected chi connectivity index (χ3v) is 11.0. The van der Waals surface area contributed by atoms with Gasteiger partial charge in [-0.1, -0.05) is 205 Å². The van der Waals surface area contributed by atoms with Crippen LogP contribution in [0.25, 0.3) is 0 Å². The first kappa shape index (κ1) is 50.8. The minimum Gasteiger partial charge on any atom is -0.387 e. The molecule has 0 aliphatic carbocycles. The van der Waals surface area contributed by atoms with E-state index in [1.807, 2.05) is 0 Å². The Hall–Kier alpha value is -1.22. The van der Waals surface area contributed by atoms with Crippen LogP contribution in [0.3, 0.4) is 0 Å². The molecule has 0 aromatic rings. The lowest BCUT2D eigenvalue weighted by Gasteiger charge is -2.22. The number of unbranched alkanes of at least 4 members (excludes halogenated alkanes) is 29. The van der Waals surface area contributed by atoms with Crippen molar-refractivity contribution in [3.05, 3.63) is 24.3 Å². The molecule has 0 aliphatic heterocycles. The van der Waals surface area contributed by atoms with E-state index in [9.17, 15) is 28.0 Å². The minimum atomic E-state index is -4.44. The number of hydrogen-bond donors (Lipinski definition) is 4. The first-order valence-electron chi connectivity index (χ1n) is 22.1. The standard InChI is InChI=1S/C44H85NO6S/c1-3-5-7-9-11-13-15-17-19-21-23-25-27-29-31-33-35-37-39-43(47)44(48)45-41(40-52(49,50)51)42(46)38-36-34-32-30-28-26-24-22-20-18-16-14-12-10-8-6-4-2/h21,23,36,38,41-43,46-47H,3-20,22,24-35,37,39-40H2,1-2H3,(H,45,48)(H,49,50,51)/b23-21-,38-36+. The largest absolute Gasteiger partial charge is 0.387 e. The summed E-state index contributed by atoms with van der Waals surface area (Å²) in [5.74, 6) is -1.54. The molecule has 0 saturated carbocycles. The lowest BCUT2D eigenvalue weighted by Crippen LogP contribution is -2.50. The van der Waals surface area contributed by atoms with Crippen LogP contribution in [0.5, 0.6) is 0 Å². The molecule has 0 bridgehead atoms. The summed E-state index contributed by atoms with van der Waals surface area (Å²) in [6, 6.07) is -1.23. The van der Waals surface area contributed by atoms with Crippen molar-refractivity contribution in [1.82, 2.24) is 5.32 Å². The maximum absolute atomic E-state index is 12.6. The van der Waals surface area contributed by atoms with Crippen molar-refractivity contribution in [1.29, 1.82) is 0 Å². The van der Waals surface area contributed by atoms with E-state index < -0.39 is 40.0 Å². The average Bonchev–Trinajstić information content (AvgIpc) is 3.11. The predicted octanol–water partition coefficient (Wildman–Crippen LogP) is 12.1. The van der Waals surface area contributed by atoms with E-state index in [-0.39, 0.29) is 6.42 Å². The van der Waals surface area contributed by atoms with Crippen molar-refractivity contribution >= 4 is 16.0 Å². The number of nitrogens with one attached hydrogen (secondary N) is 1. The molecule has 0 aromatic heterocycles. The number of hydrogen-bond acceptors (Lipinski definition) is 5. The summed E-state index contributed by atoms with van der Waals surface area (Å²) in [6.07, 6.45) is 45.1. The molecule has 0 rings (SSSR count). The van der Waals surface area contributed by atoms with Crippen LogP contribution < -0.4 is 5.32 Å². The fourth-order valence-electron chi connectivity index (χ4n) is 6.80. The predicted molar refractivity (Wildman–Crippen MR) is 222 cm³/mol. The van der Waals surface area contributed by atoms with Crippen LogP contribution in [0, 0.1) is 0 Å². The molecule has 4 N–H and O–H groups in total. The third-order valence-electron chi connectivity index (χ3n) is 10.2. The first-order chi connectivity index (χ1) is 25.2. The Bertz CT molecular complexity index is 937. The average molecular weight is 756 g/mol. The summed E-state index contributed by atoms with van der Waals surface area (Å²) in [5.41, 5.74) is 0. The molecule has 308 valence electrons. The molecule has 0 fully saturated rings. The molecule has 3 unspecified atom stereocenters. The van der Waals surface area contributed by atoms with Gasteiger partial charge in [-0.25, -0.2) is 0 Å². The van der Waals surface area contributed by atoms with Crippen LogP contribution in [0.1, 0.15) is 226 Å². The first-order valence-corrected chi connectivity index (χ1v) is 23.8. The lowest BCUT2D eigenvalue weighted by molar-refractivity contribution is -0.130. The van der Waals surface area contributed by atoms with Gasteiger partial charge in [-0.05, 0) is 44.9 Å². The number of amides is 1. The van der Waals surface area contributed by atoms with Crippen molar-refractivity contribution in [3.63, 3.8) is 0 Å². The van der Waals surface area contributed by atoms with Crippen molar-refractivity contribution in [2.75, 3.05) is 5.75 Å². The van der Waals surface area contributed by atoms with Gasteiger partial charge in [-0.3, -0.25) is 9.35 Å². The van der Waals surface area contributed by atoms with E-state index in [2.05, 4.69) is 31.3 Å². The molecule has 8 heteroatoms. The van der Waals surface area contributed by atoms with Gasteiger partial charge in [0, 0.05) is 0 Å². The fourth-order valence-corrected chi connectivity index (χ4v) is 7.54. The monoisotopic (exact) mass is 756 g/mol. The van der Waals surface area contributed by atoms with Crippen LogP contribution in [-0.2, 0) is 14.9 Å². The summed E-state index contributed by atoms with van der Waals surface area (Å²) in [4.78, 5) is 12.6. The maximum atomic E-state index is 12.6. The quantitative estimate of drug-likeness (QED) is 0.0280. The Morgan fingerprint density at radius 2 is 0.846 bits per heavy atom. The third kappa shape index (κ3) is 37.1. The Balaban J connectivity index is 4.00. The lowest BCUT2D eigenvalue weighted by atomic mass is 10.0. The summed E-state index contributed by atoms with van der Waals surface area (Å²) in [7, 11) is -4.44. The Morgan fingerprint density at radius 1 is 0.519 bits per heavy atom. The SMILES string of the molecule is CCCCCCCCCC/C=C\CCCCCCCCC(O)C(=O)NC(CS(=O)(=O)O)C(O)/C=C/CCCCCCCCCCCCCCCCC. The van der Waals surface area contributed by atoms with E-state index in [0.717, 1.165) is 44.9 Å². The number of carbonyl (C=O) groups excluding carboxylic acids is 1. The molecule has 0 heterocycles. The fraction of sp³-hybridized carbons (Fsp3) is 0.886. The highest BCUT2D eigenvalue weighted by Crippen LogP contribution is 2.15. The van der Waals surface area contributed by atoms with Gasteiger partial charge in [0.1, 0.15) is 6.10 Å². The molecular weight excluding hydrogens is 671 g/mol. The molecule has 0 aromatic carbocycles. The van der Waals surface area contributed by atoms with Gasteiger partial charge in [-0.15, -0.1) is 0 Å². The Labute approximate surface area is 322 Å². The van der Waals surface area contributed by atoms with E-state index in [0.29, 0.717) is 6.42 Å². The van der Waals surface area contributed by atoms with E-state index >= 15 is 0 Å². The van der Waals surface area contributed by atoms with Gasteiger partial charge in [0.2, 0.25) is 5.91 Å². The molecular formula is C44H85NO6S. The maximum Gasteiger partial charge on any atom is 0.267 e. The normalized spacial score (nSPS) is 14.0. The van der Waals surface area contributed by atoms with Crippen LogP contribution >= 0.6 is 0 Å². The molecule has 0 spiro atoms. The zero-order chi connectivity index (χ0) is 38.4. The van der Waals surface area contributed by atoms with Crippen molar-refractivity contribution < 1.29 is 28.0 Å². The topological polar surface area (TPSA) is 124 Å². The van der Waals surface area contributed by atoms with Gasteiger partial charge in [-0.2, -0.15) is 8.42 Å². The number of allylic oxidation sites excluding steroid dienone is 3. The zero-order valence-corrected chi connectivity index (χ0v) is 34.9. The second kappa shape index (κ2) is 38.1. The smallest absolute Gasteiger partial charge is 0.267 e. The number of aliphatic hydroxyl groups excluding tert-OH is 2. The van der Waals surface area contributed by atoms with Crippen LogP contribution in [-0.4, -0.2) is 53.1 Å². The number of aliphatic hydroxyl groups is 2. The van der Waals surface area contributed by atoms with Crippen LogP contribution in [0.2, 0.25) is 0 Å². The van der Waals surface area contributed by atoms with E-state index in [1.165, 1.54) is 160 Å². The Kier molecular flexibility index (Phi) is 37.2. The highest BCUT2D eigenvalue weighted by atomic mass is 32.2. The summed E-state index contributed by atoms with van der Waals surface area (Å²) in [5, 5.41) is 23.4. The molecule has 0 saturated heterocycles.